The number of ketones is 1. The summed E-state index contributed by atoms with van der Waals surface area (Å²) in [6.45, 7) is 1.35. The van der Waals surface area contributed by atoms with Gasteiger partial charge in [-0.2, -0.15) is 0 Å². The van der Waals surface area contributed by atoms with Gasteiger partial charge in [-0.25, -0.2) is 14.4 Å². The predicted molar refractivity (Wildman–Crippen MR) is 81.8 cm³/mol. The number of carbonyl (C=O) groups excluding carboxylic acids is 3. The number of ether oxygens (including phenoxy) is 2. The van der Waals surface area contributed by atoms with Crippen molar-refractivity contribution >= 4 is 23.7 Å². The van der Waals surface area contributed by atoms with E-state index >= 15 is 0 Å². The fourth-order valence-corrected chi connectivity index (χ4v) is 3.49. The molecule has 0 amide bonds. The minimum absolute atomic E-state index is 0.113. The highest BCUT2D eigenvalue weighted by molar-refractivity contribution is 5.94. The van der Waals surface area contributed by atoms with Gasteiger partial charge >= 0.3 is 17.9 Å². The van der Waals surface area contributed by atoms with E-state index in [1.165, 1.54) is 13.0 Å². The maximum Gasteiger partial charge on any atom is 0.331 e. The quantitative estimate of drug-likeness (QED) is 0.577. The molecule has 2 fully saturated rings. The second-order valence-corrected chi connectivity index (χ2v) is 6.05. The number of hydrogen-bond acceptors (Lipinski definition) is 6. The van der Waals surface area contributed by atoms with E-state index in [0.717, 1.165) is 31.1 Å². The Morgan fingerprint density at radius 3 is 1.67 bits per heavy atom. The van der Waals surface area contributed by atoms with Gasteiger partial charge in [-0.05, 0) is 38.7 Å². The van der Waals surface area contributed by atoms with Crippen LogP contribution in [0.15, 0.2) is 24.3 Å². The number of carboxylic acids is 1. The molecule has 0 aromatic heterocycles. The molecule has 130 valence electrons. The molecule has 2 aliphatic carbocycles. The van der Waals surface area contributed by atoms with Crippen molar-refractivity contribution in [1.29, 1.82) is 0 Å². The van der Waals surface area contributed by atoms with E-state index in [1.54, 1.807) is 0 Å². The molecule has 2 aliphatic rings. The van der Waals surface area contributed by atoms with Gasteiger partial charge in [0.15, 0.2) is 5.78 Å². The summed E-state index contributed by atoms with van der Waals surface area (Å²) in [5.74, 6) is -2.41. The third-order valence-electron chi connectivity index (χ3n) is 4.43. The maximum absolute atomic E-state index is 11.7. The summed E-state index contributed by atoms with van der Waals surface area (Å²) in [5.41, 5.74) is 0. The van der Waals surface area contributed by atoms with Crippen molar-refractivity contribution in [3.05, 3.63) is 24.3 Å². The van der Waals surface area contributed by atoms with Crippen LogP contribution in [0.4, 0.5) is 0 Å². The van der Waals surface area contributed by atoms with Crippen LogP contribution < -0.4 is 0 Å². The number of carboxylic acid groups (broad SMARTS) is 1. The highest BCUT2D eigenvalue weighted by Gasteiger charge is 2.47. The van der Waals surface area contributed by atoms with Crippen molar-refractivity contribution < 1.29 is 33.8 Å². The van der Waals surface area contributed by atoms with Gasteiger partial charge < -0.3 is 14.6 Å². The van der Waals surface area contributed by atoms with E-state index in [1.807, 2.05) is 0 Å². The van der Waals surface area contributed by atoms with Gasteiger partial charge in [0, 0.05) is 30.1 Å². The lowest BCUT2D eigenvalue weighted by Crippen LogP contribution is -2.25. The zero-order chi connectivity index (χ0) is 17.7. The third kappa shape index (κ3) is 4.78. The largest absolute Gasteiger partial charge is 0.478 e. The molecule has 0 radical (unpaired) electrons. The van der Waals surface area contributed by atoms with Crippen LogP contribution in [-0.2, 0) is 28.7 Å². The Morgan fingerprint density at radius 1 is 0.792 bits per heavy atom. The minimum Gasteiger partial charge on any atom is -0.478 e. The summed E-state index contributed by atoms with van der Waals surface area (Å²) in [5, 5.41) is 8.50. The van der Waals surface area contributed by atoms with Crippen molar-refractivity contribution in [2.75, 3.05) is 0 Å². The fraction of sp³-hybridized carbons (Fsp3) is 0.529. The lowest BCUT2D eigenvalue weighted by Gasteiger charge is -2.20. The van der Waals surface area contributed by atoms with E-state index in [9.17, 15) is 19.2 Å². The van der Waals surface area contributed by atoms with E-state index in [-0.39, 0.29) is 29.8 Å². The summed E-state index contributed by atoms with van der Waals surface area (Å²) in [7, 11) is 0. The molecule has 2 saturated carbocycles. The number of carbonyl (C=O) groups is 4. The summed E-state index contributed by atoms with van der Waals surface area (Å²) >= 11 is 0. The molecule has 0 bridgehead atoms. The second kappa shape index (κ2) is 7.90. The van der Waals surface area contributed by atoms with Crippen LogP contribution in [0.3, 0.4) is 0 Å². The maximum atomic E-state index is 11.7. The van der Waals surface area contributed by atoms with Crippen LogP contribution in [0.2, 0.25) is 0 Å². The second-order valence-electron chi connectivity index (χ2n) is 6.05. The first-order valence-corrected chi connectivity index (χ1v) is 7.87. The van der Waals surface area contributed by atoms with Crippen molar-refractivity contribution in [2.45, 2.75) is 44.8 Å². The molecular weight excluding hydrogens is 316 g/mol. The van der Waals surface area contributed by atoms with Crippen molar-refractivity contribution in [1.82, 2.24) is 0 Å². The minimum atomic E-state index is -1.21. The topological polar surface area (TPSA) is 107 Å². The Morgan fingerprint density at radius 2 is 1.25 bits per heavy atom. The first kappa shape index (κ1) is 17.9. The highest BCUT2D eigenvalue weighted by Crippen LogP contribution is 2.46. The molecule has 0 heterocycles. The van der Waals surface area contributed by atoms with Gasteiger partial charge in [-0.1, -0.05) is 0 Å². The molecule has 24 heavy (non-hydrogen) atoms. The van der Waals surface area contributed by atoms with E-state index < -0.39 is 17.9 Å². The summed E-state index contributed by atoms with van der Waals surface area (Å²) in [6.07, 6.45) is 6.33. The SMILES string of the molecule is CC(=O)/C=C/C(=O)O[C@@H]1CC[C@H]2[C@@H]1CC[C@H]2OC(=O)/C=C/C(=O)O. The van der Waals surface area contributed by atoms with E-state index in [2.05, 4.69) is 0 Å². The Balaban J connectivity index is 1.87. The van der Waals surface area contributed by atoms with Crippen molar-refractivity contribution in [3.8, 4) is 0 Å². The number of esters is 2. The van der Waals surface area contributed by atoms with E-state index in [0.29, 0.717) is 12.8 Å². The summed E-state index contributed by atoms with van der Waals surface area (Å²) < 4.78 is 10.7. The monoisotopic (exact) mass is 336 g/mol. The van der Waals surface area contributed by atoms with Crippen molar-refractivity contribution in [2.24, 2.45) is 11.8 Å². The predicted octanol–water partition coefficient (Wildman–Crippen LogP) is 1.42. The fourth-order valence-electron chi connectivity index (χ4n) is 3.49. The third-order valence-corrected chi connectivity index (χ3v) is 4.43. The Bertz CT molecular complexity index is 538. The molecule has 0 spiro atoms. The standard InChI is InChI=1S/C17H20O7/c1-10(18)2-8-16(21)23-13-5-3-12-11(13)4-6-14(12)24-17(22)9-7-15(19)20/h2,7-9,11-14H,3-6H2,1H3,(H,19,20)/b8-2+,9-7+/t11-,12-,13+,14+/m0/s1. The Kier molecular flexibility index (Phi) is 5.89. The average Bonchev–Trinajstić information content (AvgIpc) is 3.07. The van der Waals surface area contributed by atoms with Gasteiger partial charge in [0.25, 0.3) is 0 Å². The summed E-state index contributed by atoms with van der Waals surface area (Å²) in [4.78, 5) is 44.5. The highest BCUT2D eigenvalue weighted by atomic mass is 16.6. The van der Waals surface area contributed by atoms with Gasteiger partial charge in [0.1, 0.15) is 12.2 Å². The van der Waals surface area contributed by atoms with Gasteiger partial charge in [0.2, 0.25) is 0 Å². The molecule has 0 aliphatic heterocycles. The van der Waals surface area contributed by atoms with Crippen molar-refractivity contribution in [3.63, 3.8) is 0 Å². The zero-order valence-electron chi connectivity index (χ0n) is 13.3. The smallest absolute Gasteiger partial charge is 0.331 e. The van der Waals surface area contributed by atoms with Gasteiger partial charge in [0.05, 0.1) is 0 Å². The molecule has 4 atom stereocenters. The molecular formula is C17H20O7. The number of allylic oxidation sites excluding steroid dienone is 1. The van der Waals surface area contributed by atoms with E-state index in [4.69, 9.17) is 14.6 Å². The zero-order valence-corrected chi connectivity index (χ0v) is 13.3. The van der Waals surface area contributed by atoms with Crippen LogP contribution in [0.5, 0.6) is 0 Å². The molecule has 0 saturated heterocycles. The summed E-state index contributed by atoms with van der Waals surface area (Å²) in [6, 6.07) is 0. The number of fused-ring (bicyclic) bond motifs is 1. The normalized spacial score (nSPS) is 28.9. The molecule has 1 N–H and O–H groups in total. The number of rotatable bonds is 6. The molecule has 0 aromatic rings. The van der Waals surface area contributed by atoms with Crippen LogP contribution in [0.25, 0.3) is 0 Å². The molecule has 0 aromatic carbocycles. The van der Waals surface area contributed by atoms with Crippen LogP contribution in [0.1, 0.15) is 32.6 Å². The Hall–Kier alpha value is -2.44. The first-order valence-electron chi connectivity index (χ1n) is 7.87. The lowest BCUT2D eigenvalue weighted by molar-refractivity contribution is -0.147. The van der Waals surface area contributed by atoms with Crippen LogP contribution in [-0.4, -0.2) is 41.0 Å². The number of aliphatic carboxylic acids is 1. The average molecular weight is 336 g/mol. The van der Waals surface area contributed by atoms with Gasteiger partial charge in [-0.3, -0.25) is 4.79 Å². The molecule has 0 unspecified atom stereocenters. The molecule has 7 heteroatoms. The molecule has 7 nitrogen and oxygen atoms in total. The Labute approximate surface area is 139 Å². The molecule has 2 rings (SSSR count). The van der Waals surface area contributed by atoms with Gasteiger partial charge in [-0.15, -0.1) is 0 Å². The number of hydrogen-bond donors (Lipinski definition) is 1. The first-order chi connectivity index (χ1) is 11.4. The van der Waals surface area contributed by atoms with Crippen LogP contribution >= 0.6 is 0 Å². The van der Waals surface area contributed by atoms with Crippen LogP contribution in [0, 0.1) is 11.8 Å². The lowest BCUT2D eigenvalue weighted by atomic mass is 9.98.